The standard InChI is InChI=1S/C19H25N5O3/c1-5-23(12-18-20-17(13-26-4)21-27-18)11-16-14(2)22(3)24(19(16)25)15-9-7-6-8-10-15/h6-10H,5,11-13H2,1-4H3. The summed E-state index contributed by atoms with van der Waals surface area (Å²) in [6.45, 7) is 6.06. The summed E-state index contributed by atoms with van der Waals surface area (Å²) in [6.07, 6.45) is 0. The predicted molar refractivity (Wildman–Crippen MR) is 101 cm³/mol. The van der Waals surface area contributed by atoms with Crippen molar-refractivity contribution in [2.75, 3.05) is 13.7 Å². The minimum absolute atomic E-state index is 0.00903. The third-order valence-electron chi connectivity index (χ3n) is 4.64. The van der Waals surface area contributed by atoms with Gasteiger partial charge in [-0.15, -0.1) is 0 Å². The van der Waals surface area contributed by atoms with E-state index < -0.39 is 0 Å². The normalized spacial score (nSPS) is 11.4. The molecule has 0 spiro atoms. The summed E-state index contributed by atoms with van der Waals surface area (Å²) in [5, 5.41) is 3.89. The molecule has 8 heteroatoms. The molecule has 0 saturated carbocycles. The molecular formula is C19H25N5O3. The lowest BCUT2D eigenvalue weighted by atomic mass is 10.2. The molecule has 0 atom stereocenters. The van der Waals surface area contributed by atoms with E-state index in [0.29, 0.717) is 31.4 Å². The van der Waals surface area contributed by atoms with Crippen LogP contribution in [0.4, 0.5) is 0 Å². The van der Waals surface area contributed by atoms with Gasteiger partial charge >= 0.3 is 0 Å². The Labute approximate surface area is 158 Å². The lowest BCUT2D eigenvalue weighted by Crippen LogP contribution is -2.27. The fraction of sp³-hybridized carbons (Fsp3) is 0.421. The molecule has 3 aromatic rings. The first-order valence-electron chi connectivity index (χ1n) is 8.90. The van der Waals surface area contributed by atoms with Gasteiger partial charge in [0.05, 0.1) is 17.8 Å². The van der Waals surface area contributed by atoms with Crippen molar-refractivity contribution in [2.45, 2.75) is 33.5 Å². The van der Waals surface area contributed by atoms with E-state index >= 15 is 0 Å². The largest absolute Gasteiger partial charge is 0.377 e. The zero-order chi connectivity index (χ0) is 19.4. The van der Waals surface area contributed by atoms with E-state index in [9.17, 15) is 4.79 Å². The highest BCUT2D eigenvalue weighted by atomic mass is 16.5. The van der Waals surface area contributed by atoms with Crippen LogP contribution in [0.5, 0.6) is 0 Å². The number of para-hydroxylation sites is 1. The fourth-order valence-electron chi connectivity index (χ4n) is 3.04. The maximum atomic E-state index is 13.1. The van der Waals surface area contributed by atoms with Crippen molar-refractivity contribution >= 4 is 0 Å². The lowest BCUT2D eigenvalue weighted by molar-refractivity contribution is 0.174. The number of benzene rings is 1. The van der Waals surface area contributed by atoms with E-state index in [4.69, 9.17) is 9.26 Å². The van der Waals surface area contributed by atoms with Crippen molar-refractivity contribution in [3.63, 3.8) is 0 Å². The van der Waals surface area contributed by atoms with Gasteiger partial charge in [-0.2, -0.15) is 4.98 Å². The monoisotopic (exact) mass is 371 g/mol. The average molecular weight is 371 g/mol. The predicted octanol–water partition coefficient (Wildman–Crippen LogP) is 2.04. The molecule has 0 N–H and O–H groups in total. The SMILES string of the molecule is CCN(Cc1nc(COC)no1)Cc1c(C)n(C)n(-c2ccccc2)c1=O. The second-order valence-electron chi connectivity index (χ2n) is 6.38. The highest BCUT2D eigenvalue weighted by molar-refractivity contribution is 5.33. The lowest BCUT2D eigenvalue weighted by Gasteiger charge is -2.17. The Morgan fingerprint density at radius 1 is 1.22 bits per heavy atom. The Morgan fingerprint density at radius 3 is 2.63 bits per heavy atom. The third kappa shape index (κ3) is 4.01. The molecule has 144 valence electrons. The van der Waals surface area contributed by atoms with Crippen LogP contribution in [0.25, 0.3) is 5.69 Å². The van der Waals surface area contributed by atoms with E-state index in [-0.39, 0.29) is 5.56 Å². The number of nitrogens with zero attached hydrogens (tertiary/aromatic N) is 5. The first-order chi connectivity index (χ1) is 13.0. The molecule has 3 rings (SSSR count). The van der Waals surface area contributed by atoms with Gasteiger partial charge in [0.2, 0.25) is 5.89 Å². The van der Waals surface area contributed by atoms with Gasteiger partial charge in [0.1, 0.15) is 6.61 Å². The molecule has 0 bridgehead atoms. The van der Waals surface area contributed by atoms with Crippen LogP contribution >= 0.6 is 0 Å². The molecule has 2 aromatic heterocycles. The van der Waals surface area contributed by atoms with Crippen LogP contribution in [0.1, 0.15) is 29.9 Å². The number of ether oxygens (including phenoxy) is 1. The zero-order valence-corrected chi connectivity index (χ0v) is 16.2. The van der Waals surface area contributed by atoms with Gasteiger partial charge < -0.3 is 9.26 Å². The van der Waals surface area contributed by atoms with Crippen molar-refractivity contribution in [1.82, 2.24) is 24.4 Å². The summed E-state index contributed by atoms with van der Waals surface area (Å²) in [5.41, 5.74) is 2.54. The van der Waals surface area contributed by atoms with Crippen molar-refractivity contribution in [3.8, 4) is 5.69 Å². The molecule has 0 aliphatic carbocycles. The molecule has 0 radical (unpaired) electrons. The van der Waals surface area contributed by atoms with Crippen molar-refractivity contribution in [1.29, 1.82) is 0 Å². The maximum Gasteiger partial charge on any atom is 0.276 e. The molecule has 0 aliphatic rings. The summed E-state index contributed by atoms with van der Waals surface area (Å²) in [5.74, 6) is 1.03. The van der Waals surface area contributed by atoms with E-state index in [2.05, 4.69) is 15.0 Å². The summed E-state index contributed by atoms with van der Waals surface area (Å²) in [4.78, 5) is 19.5. The van der Waals surface area contributed by atoms with Gasteiger partial charge in [-0.1, -0.05) is 30.3 Å². The highest BCUT2D eigenvalue weighted by Crippen LogP contribution is 2.13. The Bertz CT molecular complexity index is 942. The molecule has 0 amide bonds. The van der Waals surface area contributed by atoms with Gasteiger partial charge in [-0.05, 0) is 25.6 Å². The van der Waals surface area contributed by atoms with Gasteiger partial charge in [0.15, 0.2) is 5.82 Å². The quantitative estimate of drug-likeness (QED) is 0.603. The van der Waals surface area contributed by atoms with Crippen LogP contribution in [0.3, 0.4) is 0 Å². The highest BCUT2D eigenvalue weighted by Gasteiger charge is 2.19. The van der Waals surface area contributed by atoms with Crippen LogP contribution < -0.4 is 5.56 Å². The number of hydrogen-bond acceptors (Lipinski definition) is 6. The van der Waals surface area contributed by atoms with Gasteiger partial charge in [0.25, 0.3) is 5.56 Å². The van der Waals surface area contributed by atoms with Crippen LogP contribution in [0.15, 0.2) is 39.6 Å². The van der Waals surface area contributed by atoms with Crippen molar-refractivity contribution in [3.05, 3.63) is 63.7 Å². The Hall–Kier alpha value is -2.71. The molecule has 0 aliphatic heterocycles. The Balaban J connectivity index is 1.84. The van der Waals surface area contributed by atoms with Crippen LogP contribution in [0, 0.1) is 6.92 Å². The number of aromatic nitrogens is 4. The minimum atomic E-state index is -0.00903. The number of methoxy groups -OCH3 is 1. The first-order valence-corrected chi connectivity index (χ1v) is 8.90. The van der Waals surface area contributed by atoms with E-state index in [0.717, 1.165) is 23.5 Å². The van der Waals surface area contributed by atoms with Crippen LogP contribution in [0.2, 0.25) is 0 Å². The molecule has 0 fully saturated rings. The Morgan fingerprint density at radius 2 is 1.96 bits per heavy atom. The average Bonchev–Trinajstić information content (AvgIpc) is 3.20. The summed E-state index contributed by atoms with van der Waals surface area (Å²) >= 11 is 0. The molecule has 27 heavy (non-hydrogen) atoms. The second kappa shape index (κ2) is 8.32. The minimum Gasteiger partial charge on any atom is -0.377 e. The number of rotatable bonds is 8. The molecule has 1 aromatic carbocycles. The summed E-state index contributed by atoms with van der Waals surface area (Å²) in [7, 11) is 3.49. The molecule has 8 nitrogen and oxygen atoms in total. The van der Waals surface area contributed by atoms with Gasteiger partial charge in [-0.3, -0.25) is 14.4 Å². The molecule has 0 saturated heterocycles. The smallest absolute Gasteiger partial charge is 0.276 e. The van der Waals surface area contributed by atoms with Gasteiger partial charge in [0, 0.05) is 26.4 Å². The van der Waals surface area contributed by atoms with Crippen LogP contribution in [-0.4, -0.2) is 38.1 Å². The number of hydrogen-bond donors (Lipinski definition) is 0. The van der Waals surface area contributed by atoms with E-state index in [1.54, 1.807) is 11.8 Å². The fourth-order valence-corrected chi connectivity index (χ4v) is 3.04. The molecule has 2 heterocycles. The zero-order valence-electron chi connectivity index (χ0n) is 16.2. The van der Waals surface area contributed by atoms with Crippen molar-refractivity contribution < 1.29 is 9.26 Å². The Kier molecular flexibility index (Phi) is 5.88. The van der Waals surface area contributed by atoms with Crippen LogP contribution in [-0.2, 0) is 31.5 Å². The molecular weight excluding hydrogens is 346 g/mol. The summed E-state index contributed by atoms with van der Waals surface area (Å²) < 4.78 is 13.9. The van der Waals surface area contributed by atoms with Crippen molar-refractivity contribution in [2.24, 2.45) is 7.05 Å². The third-order valence-corrected chi connectivity index (χ3v) is 4.64. The first kappa shape index (κ1) is 19.1. The van der Waals surface area contributed by atoms with Gasteiger partial charge in [-0.25, -0.2) is 4.68 Å². The van der Waals surface area contributed by atoms with E-state index in [1.165, 1.54) is 0 Å². The maximum absolute atomic E-state index is 13.1. The second-order valence-corrected chi connectivity index (χ2v) is 6.38. The molecule has 0 unspecified atom stereocenters. The van der Waals surface area contributed by atoms with E-state index in [1.807, 2.05) is 55.9 Å². The summed E-state index contributed by atoms with van der Waals surface area (Å²) in [6, 6.07) is 9.65. The topological polar surface area (TPSA) is 78.3 Å².